The van der Waals surface area contributed by atoms with Gasteiger partial charge in [-0.2, -0.15) is 10.2 Å². The average Bonchev–Trinajstić information content (AvgIpc) is 2.79. The van der Waals surface area contributed by atoms with Gasteiger partial charge in [0.15, 0.2) is 5.82 Å². The molecule has 1 unspecified atom stereocenters. The molecule has 2 heterocycles. The number of nitrogens with two attached hydrogens (primary N) is 1. The highest BCUT2D eigenvalue weighted by Gasteiger charge is 2.24. The number of aromatic nitrogens is 2. The molecule has 0 aliphatic carbocycles. The zero-order chi connectivity index (χ0) is 21.8. The van der Waals surface area contributed by atoms with Gasteiger partial charge in [0.05, 0.1) is 11.1 Å². The molecule has 0 saturated carbocycles. The van der Waals surface area contributed by atoms with Crippen LogP contribution in [-0.4, -0.2) is 31.5 Å². The predicted molar refractivity (Wildman–Crippen MR) is 118 cm³/mol. The largest absolute Gasteiger partial charge is 0.355 e. The number of hydrogen-bond acceptors (Lipinski definition) is 7. The van der Waals surface area contributed by atoms with E-state index in [0.29, 0.717) is 28.9 Å². The van der Waals surface area contributed by atoms with E-state index in [-0.39, 0.29) is 4.90 Å². The molecule has 1 atom stereocenters. The number of nitrogens with zero attached hydrogens (tertiary/aromatic N) is 4. The maximum absolute atomic E-state index is 11.4. The van der Waals surface area contributed by atoms with Crippen LogP contribution in [0.25, 0.3) is 0 Å². The Kier molecular flexibility index (Phi) is 5.84. The molecule has 1 fully saturated rings. The standard InChI is InChI=1S/C22H22N6O2S/c23-13-18-14-25-22(26-19-8-10-20(11-9-19)31(24,29)30)27-21(18)28-12-4-7-17(15-28)16-5-2-1-3-6-16/h1-3,5-6,8-11,14,17H,4,7,12,15H2,(H2,24,29,30)(H,25,26,27). The summed E-state index contributed by atoms with van der Waals surface area (Å²) in [5.74, 6) is 1.31. The van der Waals surface area contributed by atoms with E-state index in [2.05, 4.69) is 38.4 Å². The maximum atomic E-state index is 11.4. The molecule has 1 aliphatic heterocycles. The molecule has 1 aliphatic rings. The van der Waals surface area contributed by atoms with Crippen LogP contribution in [0.2, 0.25) is 0 Å². The van der Waals surface area contributed by atoms with Crippen LogP contribution < -0.4 is 15.4 Å². The molecule has 4 rings (SSSR count). The zero-order valence-corrected chi connectivity index (χ0v) is 17.6. The Morgan fingerprint density at radius 1 is 1.13 bits per heavy atom. The zero-order valence-electron chi connectivity index (χ0n) is 16.8. The minimum Gasteiger partial charge on any atom is -0.355 e. The number of anilines is 3. The molecule has 8 nitrogen and oxygen atoms in total. The summed E-state index contributed by atoms with van der Waals surface area (Å²) in [6.07, 6.45) is 3.61. The van der Waals surface area contributed by atoms with E-state index < -0.39 is 10.0 Å². The quantitative estimate of drug-likeness (QED) is 0.632. The van der Waals surface area contributed by atoms with Crippen LogP contribution in [-0.2, 0) is 10.0 Å². The van der Waals surface area contributed by atoms with Crippen molar-refractivity contribution in [2.75, 3.05) is 23.3 Å². The number of sulfonamides is 1. The molecular weight excluding hydrogens is 412 g/mol. The van der Waals surface area contributed by atoms with Gasteiger partial charge in [0.2, 0.25) is 16.0 Å². The Labute approximate surface area is 181 Å². The van der Waals surface area contributed by atoms with E-state index in [0.717, 1.165) is 25.9 Å². The summed E-state index contributed by atoms with van der Waals surface area (Å²) in [5, 5.41) is 17.8. The van der Waals surface area contributed by atoms with Crippen LogP contribution in [0, 0.1) is 11.3 Å². The van der Waals surface area contributed by atoms with Crippen molar-refractivity contribution in [1.29, 1.82) is 5.26 Å². The Morgan fingerprint density at radius 2 is 1.87 bits per heavy atom. The molecule has 158 valence electrons. The number of rotatable bonds is 5. The van der Waals surface area contributed by atoms with E-state index in [9.17, 15) is 13.7 Å². The summed E-state index contributed by atoms with van der Waals surface area (Å²) in [4.78, 5) is 11.0. The van der Waals surface area contributed by atoms with Crippen molar-refractivity contribution in [3.05, 3.63) is 71.9 Å². The molecule has 0 radical (unpaired) electrons. The van der Waals surface area contributed by atoms with E-state index >= 15 is 0 Å². The van der Waals surface area contributed by atoms with Crippen molar-refractivity contribution in [3.8, 4) is 6.07 Å². The molecule has 0 bridgehead atoms. The predicted octanol–water partition coefficient (Wildman–Crippen LogP) is 3.12. The number of piperidine rings is 1. The fraction of sp³-hybridized carbons (Fsp3) is 0.227. The van der Waals surface area contributed by atoms with Crippen molar-refractivity contribution in [2.45, 2.75) is 23.7 Å². The first-order valence-corrected chi connectivity index (χ1v) is 11.5. The summed E-state index contributed by atoms with van der Waals surface area (Å²) < 4.78 is 22.8. The van der Waals surface area contributed by atoms with Crippen molar-refractivity contribution in [3.63, 3.8) is 0 Å². The number of nitriles is 1. The fourth-order valence-electron chi connectivity index (χ4n) is 3.78. The molecule has 31 heavy (non-hydrogen) atoms. The van der Waals surface area contributed by atoms with Crippen LogP contribution in [0.3, 0.4) is 0 Å². The highest BCUT2D eigenvalue weighted by Crippen LogP contribution is 2.31. The maximum Gasteiger partial charge on any atom is 0.238 e. The molecule has 0 amide bonds. The molecule has 1 aromatic heterocycles. The van der Waals surface area contributed by atoms with Gasteiger partial charge < -0.3 is 10.2 Å². The van der Waals surface area contributed by atoms with Crippen LogP contribution in [0.4, 0.5) is 17.5 Å². The third-order valence-electron chi connectivity index (χ3n) is 5.32. The highest BCUT2D eigenvalue weighted by atomic mass is 32.2. The fourth-order valence-corrected chi connectivity index (χ4v) is 4.29. The lowest BCUT2D eigenvalue weighted by Gasteiger charge is -2.34. The minimum absolute atomic E-state index is 0.0276. The lowest BCUT2D eigenvalue weighted by molar-refractivity contribution is 0.507. The second kappa shape index (κ2) is 8.71. The molecule has 9 heteroatoms. The topological polar surface area (TPSA) is 125 Å². The number of benzene rings is 2. The third kappa shape index (κ3) is 4.82. The third-order valence-corrected chi connectivity index (χ3v) is 6.25. The Hall–Kier alpha value is -3.48. The van der Waals surface area contributed by atoms with Crippen LogP contribution >= 0.6 is 0 Å². The van der Waals surface area contributed by atoms with Gasteiger partial charge in [-0.1, -0.05) is 30.3 Å². The van der Waals surface area contributed by atoms with Crippen molar-refractivity contribution in [2.24, 2.45) is 5.14 Å². The van der Waals surface area contributed by atoms with E-state index in [1.54, 1.807) is 12.1 Å². The Balaban J connectivity index is 1.57. The smallest absolute Gasteiger partial charge is 0.238 e. The monoisotopic (exact) mass is 434 g/mol. The highest BCUT2D eigenvalue weighted by molar-refractivity contribution is 7.89. The van der Waals surface area contributed by atoms with Gasteiger partial charge >= 0.3 is 0 Å². The van der Waals surface area contributed by atoms with Crippen LogP contribution in [0.5, 0.6) is 0 Å². The van der Waals surface area contributed by atoms with E-state index in [1.807, 2.05) is 18.2 Å². The molecule has 1 saturated heterocycles. The molecule has 0 spiro atoms. The summed E-state index contributed by atoms with van der Waals surface area (Å²) in [6, 6.07) is 18.6. The number of nitrogens with one attached hydrogen (secondary N) is 1. The lowest BCUT2D eigenvalue weighted by atomic mass is 9.90. The summed E-state index contributed by atoms with van der Waals surface area (Å²) in [7, 11) is -3.75. The molecule has 3 aromatic rings. The van der Waals surface area contributed by atoms with Gasteiger partial charge in [0.1, 0.15) is 11.6 Å². The first-order valence-electron chi connectivity index (χ1n) is 9.91. The number of hydrogen-bond donors (Lipinski definition) is 2. The normalized spacial score (nSPS) is 16.5. The van der Waals surface area contributed by atoms with Gasteiger partial charge in [-0.05, 0) is 42.7 Å². The van der Waals surface area contributed by atoms with E-state index in [1.165, 1.54) is 23.9 Å². The van der Waals surface area contributed by atoms with Crippen molar-refractivity contribution in [1.82, 2.24) is 9.97 Å². The van der Waals surface area contributed by atoms with Gasteiger partial charge in [-0.15, -0.1) is 0 Å². The first kappa shape index (κ1) is 20.8. The first-order chi connectivity index (χ1) is 14.9. The molecular formula is C22H22N6O2S. The van der Waals surface area contributed by atoms with Crippen molar-refractivity contribution >= 4 is 27.5 Å². The lowest BCUT2D eigenvalue weighted by Crippen LogP contribution is -2.35. The average molecular weight is 435 g/mol. The van der Waals surface area contributed by atoms with Crippen molar-refractivity contribution < 1.29 is 8.42 Å². The van der Waals surface area contributed by atoms with Gasteiger partial charge in [-0.3, -0.25) is 0 Å². The minimum atomic E-state index is -3.75. The van der Waals surface area contributed by atoms with Gasteiger partial charge in [0, 0.05) is 24.7 Å². The number of primary sulfonamides is 1. The van der Waals surface area contributed by atoms with Gasteiger partial charge in [0.25, 0.3) is 0 Å². The summed E-state index contributed by atoms with van der Waals surface area (Å²) in [6.45, 7) is 1.59. The summed E-state index contributed by atoms with van der Waals surface area (Å²) >= 11 is 0. The molecule has 2 aromatic carbocycles. The Bertz CT molecular complexity index is 1210. The van der Waals surface area contributed by atoms with Crippen LogP contribution in [0.15, 0.2) is 65.7 Å². The SMILES string of the molecule is N#Cc1cnc(Nc2ccc(S(N)(=O)=O)cc2)nc1N1CCCC(c2ccccc2)C1. The second-order valence-electron chi connectivity index (χ2n) is 7.43. The molecule has 3 N–H and O–H groups in total. The van der Waals surface area contributed by atoms with E-state index in [4.69, 9.17) is 5.14 Å². The summed E-state index contributed by atoms with van der Waals surface area (Å²) in [5.41, 5.74) is 2.32. The van der Waals surface area contributed by atoms with Crippen LogP contribution in [0.1, 0.15) is 29.9 Å². The second-order valence-corrected chi connectivity index (χ2v) is 8.99. The van der Waals surface area contributed by atoms with Gasteiger partial charge in [-0.25, -0.2) is 18.5 Å². The Morgan fingerprint density at radius 3 is 2.55 bits per heavy atom.